The fraction of sp³-hybridized carbons (Fsp3) is 0.750. The van der Waals surface area contributed by atoms with Crippen molar-refractivity contribution < 1.29 is 4.74 Å². The molecule has 1 aliphatic heterocycles. The van der Waals surface area contributed by atoms with E-state index in [0.717, 1.165) is 49.8 Å². The first kappa shape index (κ1) is 15.4. The molecule has 2 rings (SSSR count). The van der Waals surface area contributed by atoms with Gasteiger partial charge >= 0.3 is 0 Å². The predicted molar refractivity (Wildman–Crippen MR) is 80.6 cm³/mol. The Morgan fingerprint density at radius 1 is 1.25 bits per heavy atom. The molecule has 0 amide bonds. The Bertz CT molecular complexity index is 442. The molecule has 1 aliphatic rings. The number of aryl methyl sites for hydroxylation is 2. The van der Waals surface area contributed by atoms with Crippen molar-refractivity contribution >= 4 is 0 Å². The van der Waals surface area contributed by atoms with Crippen LogP contribution in [0.25, 0.3) is 0 Å². The Hall–Kier alpha value is -1.00. The third-order valence-corrected chi connectivity index (χ3v) is 3.97. The number of ether oxygens (including phenoxy) is 1. The van der Waals surface area contributed by atoms with Gasteiger partial charge in [-0.1, -0.05) is 13.8 Å². The molecule has 112 valence electrons. The molecule has 1 N–H and O–H groups in total. The van der Waals surface area contributed by atoms with Gasteiger partial charge in [0.1, 0.15) is 5.60 Å². The topological polar surface area (TPSA) is 47.0 Å². The Kier molecular flexibility index (Phi) is 4.76. The number of rotatable bonds is 5. The molecule has 0 aliphatic carbocycles. The lowest BCUT2D eigenvalue weighted by atomic mass is 10.0. The highest BCUT2D eigenvalue weighted by atomic mass is 16.5. The van der Waals surface area contributed by atoms with E-state index in [2.05, 4.69) is 39.9 Å². The third kappa shape index (κ3) is 3.36. The zero-order valence-electron chi connectivity index (χ0n) is 13.4. The first-order chi connectivity index (χ1) is 9.42. The number of aromatic nitrogens is 2. The van der Waals surface area contributed by atoms with Crippen LogP contribution in [-0.2, 0) is 16.9 Å². The summed E-state index contributed by atoms with van der Waals surface area (Å²) in [4.78, 5) is 9.42. The van der Waals surface area contributed by atoms with E-state index in [0.29, 0.717) is 5.92 Å². The van der Waals surface area contributed by atoms with Crippen molar-refractivity contribution in [2.24, 2.45) is 5.92 Å². The molecule has 1 atom stereocenters. The zero-order valence-corrected chi connectivity index (χ0v) is 13.4. The average molecular weight is 277 g/mol. The quantitative estimate of drug-likeness (QED) is 0.899. The van der Waals surface area contributed by atoms with Gasteiger partial charge in [-0.3, -0.25) is 0 Å². The minimum Gasteiger partial charge on any atom is -0.367 e. The molecule has 1 fully saturated rings. The summed E-state index contributed by atoms with van der Waals surface area (Å²) in [7, 11) is 0. The molecule has 1 saturated heterocycles. The third-order valence-electron chi connectivity index (χ3n) is 3.97. The zero-order chi connectivity index (χ0) is 14.8. The molecular weight excluding hydrogens is 250 g/mol. The van der Waals surface area contributed by atoms with E-state index in [1.165, 1.54) is 5.56 Å². The molecular formula is C16H27N3O. The van der Waals surface area contributed by atoms with Gasteiger partial charge in [0, 0.05) is 30.1 Å². The van der Waals surface area contributed by atoms with E-state index < -0.39 is 0 Å². The summed E-state index contributed by atoms with van der Waals surface area (Å²) in [5.74, 6) is 1.50. The predicted octanol–water partition coefficient (Wildman–Crippen LogP) is 2.86. The molecule has 0 saturated carbocycles. The van der Waals surface area contributed by atoms with Gasteiger partial charge in [-0.15, -0.1) is 0 Å². The van der Waals surface area contributed by atoms with Gasteiger partial charge in [0.15, 0.2) is 5.82 Å². The lowest BCUT2D eigenvalue weighted by molar-refractivity contribution is 0.00901. The summed E-state index contributed by atoms with van der Waals surface area (Å²) < 4.78 is 5.85. The Morgan fingerprint density at radius 2 is 1.90 bits per heavy atom. The fourth-order valence-corrected chi connectivity index (χ4v) is 2.67. The highest BCUT2D eigenvalue weighted by Gasteiger charge is 2.35. The van der Waals surface area contributed by atoms with Gasteiger partial charge in [0.05, 0.1) is 0 Å². The van der Waals surface area contributed by atoms with E-state index in [1.54, 1.807) is 0 Å². The van der Waals surface area contributed by atoms with Crippen LogP contribution in [0.2, 0.25) is 0 Å². The van der Waals surface area contributed by atoms with E-state index in [4.69, 9.17) is 14.7 Å². The smallest absolute Gasteiger partial charge is 0.160 e. The Morgan fingerprint density at radius 3 is 2.40 bits per heavy atom. The van der Waals surface area contributed by atoms with E-state index in [-0.39, 0.29) is 5.60 Å². The van der Waals surface area contributed by atoms with Crippen LogP contribution < -0.4 is 5.32 Å². The molecule has 1 aromatic heterocycles. The molecule has 0 radical (unpaired) electrons. The monoisotopic (exact) mass is 277 g/mol. The highest BCUT2D eigenvalue weighted by molar-refractivity contribution is 5.25. The molecule has 0 spiro atoms. The van der Waals surface area contributed by atoms with Crippen LogP contribution in [0.3, 0.4) is 0 Å². The SMILES string of the molecule is Cc1nc(C2(C)CCCO2)nc(C)c1CNCC(C)C. The summed E-state index contributed by atoms with van der Waals surface area (Å²) >= 11 is 0. The fourth-order valence-electron chi connectivity index (χ4n) is 2.67. The van der Waals surface area contributed by atoms with Gasteiger partial charge in [0.2, 0.25) is 0 Å². The molecule has 2 heterocycles. The van der Waals surface area contributed by atoms with Crippen LogP contribution in [0.1, 0.15) is 56.4 Å². The summed E-state index contributed by atoms with van der Waals surface area (Å²) in [6.45, 7) is 13.3. The standard InChI is InChI=1S/C16H27N3O/c1-11(2)9-17-10-14-12(3)18-15(19-13(14)4)16(5)7-6-8-20-16/h11,17H,6-10H2,1-5H3. The van der Waals surface area contributed by atoms with Crippen molar-refractivity contribution in [2.45, 2.75) is 59.6 Å². The Labute approximate surface area is 122 Å². The summed E-state index contributed by atoms with van der Waals surface area (Å²) in [5.41, 5.74) is 3.07. The minimum absolute atomic E-state index is 0.292. The number of nitrogens with zero attached hydrogens (tertiary/aromatic N) is 2. The van der Waals surface area contributed by atoms with Crippen molar-refractivity contribution in [3.8, 4) is 0 Å². The second-order valence-corrected chi connectivity index (χ2v) is 6.40. The second kappa shape index (κ2) is 6.19. The molecule has 1 unspecified atom stereocenters. The summed E-state index contributed by atoms with van der Waals surface area (Å²) in [5, 5.41) is 3.47. The maximum Gasteiger partial charge on any atom is 0.160 e. The number of nitrogens with one attached hydrogen (secondary N) is 1. The molecule has 0 bridgehead atoms. The molecule has 1 aromatic rings. The van der Waals surface area contributed by atoms with Crippen LogP contribution in [0.4, 0.5) is 0 Å². The maximum absolute atomic E-state index is 5.85. The Balaban J connectivity index is 2.16. The normalized spacial score (nSPS) is 22.7. The van der Waals surface area contributed by atoms with Crippen molar-refractivity contribution in [1.29, 1.82) is 0 Å². The van der Waals surface area contributed by atoms with Crippen LogP contribution in [0.15, 0.2) is 0 Å². The van der Waals surface area contributed by atoms with Crippen LogP contribution in [0, 0.1) is 19.8 Å². The largest absolute Gasteiger partial charge is 0.367 e. The van der Waals surface area contributed by atoms with Crippen LogP contribution in [-0.4, -0.2) is 23.1 Å². The van der Waals surface area contributed by atoms with Crippen molar-refractivity contribution in [3.05, 3.63) is 22.8 Å². The van der Waals surface area contributed by atoms with Gasteiger partial charge in [-0.25, -0.2) is 9.97 Å². The summed E-state index contributed by atoms with van der Waals surface area (Å²) in [6.07, 6.45) is 2.10. The highest BCUT2D eigenvalue weighted by Crippen LogP contribution is 2.33. The lowest BCUT2D eigenvalue weighted by Gasteiger charge is -2.23. The van der Waals surface area contributed by atoms with Gasteiger partial charge in [0.25, 0.3) is 0 Å². The molecule has 20 heavy (non-hydrogen) atoms. The van der Waals surface area contributed by atoms with Gasteiger partial charge in [-0.2, -0.15) is 0 Å². The van der Waals surface area contributed by atoms with Crippen molar-refractivity contribution in [3.63, 3.8) is 0 Å². The number of hydrogen-bond donors (Lipinski definition) is 1. The average Bonchev–Trinajstić information content (AvgIpc) is 2.80. The first-order valence-corrected chi connectivity index (χ1v) is 7.61. The van der Waals surface area contributed by atoms with E-state index >= 15 is 0 Å². The maximum atomic E-state index is 5.85. The van der Waals surface area contributed by atoms with Crippen molar-refractivity contribution in [1.82, 2.24) is 15.3 Å². The molecule has 4 nitrogen and oxygen atoms in total. The lowest BCUT2D eigenvalue weighted by Crippen LogP contribution is -2.26. The second-order valence-electron chi connectivity index (χ2n) is 6.40. The minimum atomic E-state index is -0.292. The van der Waals surface area contributed by atoms with Gasteiger partial charge in [-0.05, 0) is 46.1 Å². The molecule has 4 heteroatoms. The van der Waals surface area contributed by atoms with E-state index in [1.807, 2.05) is 0 Å². The first-order valence-electron chi connectivity index (χ1n) is 7.61. The molecule has 0 aromatic carbocycles. The van der Waals surface area contributed by atoms with Crippen LogP contribution >= 0.6 is 0 Å². The summed E-state index contributed by atoms with van der Waals surface area (Å²) in [6, 6.07) is 0. The van der Waals surface area contributed by atoms with Crippen LogP contribution in [0.5, 0.6) is 0 Å². The van der Waals surface area contributed by atoms with Gasteiger partial charge < -0.3 is 10.1 Å². The van der Waals surface area contributed by atoms with Crippen molar-refractivity contribution in [2.75, 3.05) is 13.2 Å². The van der Waals surface area contributed by atoms with E-state index in [9.17, 15) is 0 Å². The number of hydrogen-bond acceptors (Lipinski definition) is 4.